The Morgan fingerprint density at radius 2 is 1.60 bits per heavy atom. The Hall–Kier alpha value is -2.92. The van der Waals surface area contributed by atoms with Crippen LogP contribution in [-0.2, 0) is 32.9 Å². The third kappa shape index (κ3) is 9.69. The molecule has 3 heterocycles. The van der Waals surface area contributed by atoms with E-state index in [1.807, 2.05) is 27.7 Å². The molecule has 1 saturated heterocycles. The lowest BCUT2D eigenvalue weighted by Crippen LogP contribution is -2.47. The number of anilines is 1. The van der Waals surface area contributed by atoms with Crippen LogP contribution >= 0.6 is 7.67 Å². The van der Waals surface area contributed by atoms with E-state index in [2.05, 4.69) is 30.4 Å². The van der Waals surface area contributed by atoms with Crippen molar-refractivity contribution in [3.05, 3.63) is 6.33 Å². The summed E-state index contributed by atoms with van der Waals surface area (Å²) in [5.41, 5.74) is -1.45. The van der Waals surface area contributed by atoms with Gasteiger partial charge in [0.25, 0.3) is 0 Å². The molecule has 2 aromatic heterocycles. The Labute approximate surface area is 292 Å². The number of aromatic nitrogens is 4. The number of rotatable bonds is 18. The lowest BCUT2D eigenvalue weighted by atomic mass is 9.96. The van der Waals surface area contributed by atoms with E-state index in [0.717, 1.165) is 25.7 Å². The molecule has 6 N–H and O–H groups in total. The molecule has 1 aliphatic carbocycles. The van der Waals surface area contributed by atoms with E-state index in [1.165, 1.54) is 17.8 Å². The number of ether oxygens (including phenoxy) is 3. The van der Waals surface area contributed by atoms with E-state index in [0.29, 0.717) is 11.3 Å². The van der Waals surface area contributed by atoms with Gasteiger partial charge in [0, 0.05) is 6.04 Å². The number of aliphatic hydroxyl groups is 2. The fraction of sp³-hybridized carbons (Fsp3) is 0.781. The number of carbonyl (C=O) groups excluding carboxylic acids is 2. The van der Waals surface area contributed by atoms with Gasteiger partial charge in [-0.3, -0.25) is 18.7 Å². The first kappa shape index (κ1) is 39.9. The van der Waals surface area contributed by atoms with Crippen LogP contribution in [0.1, 0.15) is 93.2 Å². The van der Waals surface area contributed by atoms with Crippen LogP contribution < -0.4 is 15.5 Å². The van der Waals surface area contributed by atoms with Crippen molar-refractivity contribution in [3.8, 4) is 6.01 Å². The van der Waals surface area contributed by atoms with Gasteiger partial charge in [0.15, 0.2) is 23.2 Å². The second-order valence-electron chi connectivity index (χ2n) is 14.0. The number of nitrogens with zero attached hydrogens (tertiary/aromatic N) is 4. The van der Waals surface area contributed by atoms with Crippen molar-refractivity contribution in [1.82, 2.24) is 29.7 Å². The van der Waals surface area contributed by atoms with Crippen LogP contribution in [0.15, 0.2) is 6.33 Å². The molecule has 2 fully saturated rings. The SMILES string of the molecule is CCOC(=O)[C@H](CC(C)C)NP(=O)(N[C@@H](CC(C)C)C(=O)OCC)OC[C@H]1OC(n2cnc3c(NC4CCCC4)nc(O)nc32)C(C)(O)[C@H]1O. The van der Waals surface area contributed by atoms with Gasteiger partial charge in [-0.05, 0) is 58.3 Å². The molecule has 2 unspecified atom stereocenters. The van der Waals surface area contributed by atoms with Gasteiger partial charge in [0.1, 0.15) is 29.9 Å². The van der Waals surface area contributed by atoms with Crippen LogP contribution in [0.4, 0.5) is 5.82 Å². The van der Waals surface area contributed by atoms with Crippen LogP contribution in [0.2, 0.25) is 0 Å². The van der Waals surface area contributed by atoms with Crippen molar-refractivity contribution in [2.75, 3.05) is 25.1 Å². The molecule has 0 amide bonds. The van der Waals surface area contributed by atoms with Crippen LogP contribution in [0.25, 0.3) is 11.2 Å². The Kier molecular flexibility index (Phi) is 13.6. The standard InChI is InChI=1S/C32H54N7O10P/c1-8-46-28(41)21(14-18(3)4)37-50(45,38-22(15-19(5)6)29(42)47-9-2)48-16-23-25(40)32(7,44)30(49-23)39-17-33-24-26(34-20-12-10-11-13-20)35-31(43)36-27(24)39/h17-23,25,30,40,44H,8-16H2,1-7H3,(H2,37,38,45)(H2,34,35,36,43)/t21-,22-,23+,25-,30?,32?/m0/s1. The van der Waals surface area contributed by atoms with Crippen molar-refractivity contribution < 1.29 is 48.2 Å². The summed E-state index contributed by atoms with van der Waals surface area (Å²) in [7, 11) is -4.32. The monoisotopic (exact) mass is 727 g/mol. The summed E-state index contributed by atoms with van der Waals surface area (Å²) in [6, 6.07) is -2.49. The van der Waals surface area contributed by atoms with Crippen molar-refractivity contribution in [2.45, 2.75) is 129 Å². The van der Waals surface area contributed by atoms with E-state index >= 15 is 0 Å². The molecule has 1 aliphatic heterocycles. The highest BCUT2D eigenvalue weighted by atomic mass is 31.2. The van der Waals surface area contributed by atoms with E-state index in [9.17, 15) is 29.5 Å². The van der Waals surface area contributed by atoms with E-state index in [1.54, 1.807) is 13.8 Å². The molecule has 0 radical (unpaired) electrons. The quantitative estimate of drug-likeness (QED) is 0.0957. The molecular weight excluding hydrogens is 673 g/mol. The number of imidazole rings is 1. The zero-order valence-electron chi connectivity index (χ0n) is 30.0. The number of carbonyl (C=O) groups is 2. The minimum Gasteiger partial charge on any atom is -0.479 e. The molecule has 18 heteroatoms. The Balaban J connectivity index is 1.62. The molecule has 50 heavy (non-hydrogen) atoms. The zero-order valence-corrected chi connectivity index (χ0v) is 30.9. The van der Waals surface area contributed by atoms with Crippen molar-refractivity contribution in [3.63, 3.8) is 0 Å². The first-order valence-corrected chi connectivity index (χ1v) is 19.1. The van der Waals surface area contributed by atoms with Crippen molar-refractivity contribution in [1.29, 1.82) is 0 Å². The molecule has 1 saturated carbocycles. The molecule has 2 aromatic rings. The van der Waals surface area contributed by atoms with Gasteiger partial charge in [-0.1, -0.05) is 40.5 Å². The third-order valence-corrected chi connectivity index (χ3v) is 10.6. The molecule has 4 rings (SSSR count). The van der Waals surface area contributed by atoms with Gasteiger partial charge in [0.05, 0.1) is 26.1 Å². The highest BCUT2D eigenvalue weighted by molar-refractivity contribution is 7.54. The largest absolute Gasteiger partial charge is 0.479 e. The minimum absolute atomic E-state index is 0.0140. The predicted molar refractivity (Wildman–Crippen MR) is 183 cm³/mol. The molecule has 0 bridgehead atoms. The maximum atomic E-state index is 14.6. The Bertz CT molecular complexity index is 1460. The summed E-state index contributed by atoms with van der Waals surface area (Å²) in [4.78, 5) is 38.6. The third-order valence-electron chi connectivity index (χ3n) is 8.74. The molecule has 0 spiro atoms. The number of fused-ring (bicyclic) bond motifs is 1. The molecule has 282 valence electrons. The van der Waals surface area contributed by atoms with Gasteiger partial charge in [0.2, 0.25) is 0 Å². The van der Waals surface area contributed by atoms with Gasteiger partial charge in [-0.2, -0.15) is 9.97 Å². The summed E-state index contributed by atoms with van der Waals surface area (Å²) in [6.45, 7) is 11.9. The van der Waals surface area contributed by atoms with Crippen LogP contribution in [0.5, 0.6) is 6.01 Å². The molecule has 0 aromatic carbocycles. The van der Waals surface area contributed by atoms with Gasteiger partial charge in [-0.15, -0.1) is 0 Å². The van der Waals surface area contributed by atoms with Gasteiger partial charge in [-0.25, -0.2) is 15.2 Å². The fourth-order valence-corrected chi connectivity index (χ4v) is 8.17. The highest BCUT2D eigenvalue weighted by Gasteiger charge is 2.54. The van der Waals surface area contributed by atoms with E-state index in [4.69, 9.17) is 18.7 Å². The lowest BCUT2D eigenvalue weighted by molar-refractivity contribution is -0.146. The molecule has 6 atom stereocenters. The van der Waals surface area contributed by atoms with Crippen molar-refractivity contribution in [2.24, 2.45) is 11.8 Å². The summed E-state index contributed by atoms with van der Waals surface area (Å²) < 4.78 is 38.6. The second kappa shape index (κ2) is 17.1. The molecular formula is C32H54N7O10P. The first-order chi connectivity index (χ1) is 23.6. The van der Waals surface area contributed by atoms with Gasteiger partial charge < -0.3 is 39.4 Å². The number of aromatic hydroxyl groups is 1. The first-order valence-electron chi connectivity index (χ1n) is 17.5. The Morgan fingerprint density at radius 3 is 2.12 bits per heavy atom. The topological polar surface area (TPSA) is 229 Å². The van der Waals surface area contributed by atoms with Crippen LogP contribution in [0, 0.1) is 11.8 Å². The summed E-state index contributed by atoms with van der Waals surface area (Å²) in [6.07, 6.45) is 1.80. The average molecular weight is 728 g/mol. The van der Waals surface area contributed by atoms with E-state index < -0.39 is 68.3 Å². The average Bonchev–Trinajstić information content (AvgIpc) is 3.74. The highest BCUT2D eigenvalue weighted by Crippen LogP contribution is 2.45. The summed E-state index contributed by atoms with van der Waals surface area (Å²) in [5.74, 6) is -0.992. The van der Waals surface area contributed by atoms with E-state index in [-0.39, 0.29) is 49.6 Å². The number of aliphatic hydroxyl groups excluding tert-OH is 1. The number of hydrogen-bond acceptors (Lipinski definition) is 14. The second-order valence-corrected chi connectivity index (χ2v) is 15.9. The minimum atomic E-state index is -4.32. The predicted octanol–water partition coefficient (Wildman–Crippen LogP) is 3.16. The zero-order chi connectivity index (χ0) is 36.8. The normalized spacial score (nSPS) is 24.3. The lowest BCUT2D eigenvalue weighted by Gasteiger charge is -2.30. The summed E-state index contributed by atoms with van der Waals surface area (Å²) >= 11 is 0. The van der Waals surface area contributed by atoms with Crippen molar-refractivity contribution >= 4 is 36.6 Å². The number of esters is 2. The smallest absolute Gasteiger partial charge is 0.342 e. The Morgan fingerprint density at radius 1 is 1.04 bits per heavy atom. The summed E-state index contributed by atoms with van der Waals surface area (Å²) in [5, 5.41) is 42.1. The molecule has 2 aliphatic rings. The maximum Gasteiger partial charge on any atom is 0.342 e. The van der Waals surface area contributed by atoms with Gasteiger partial charge >= 0.3 is 25.6 Å². The van der Waals surface area contributed by atoms with Crippen LogP contribution in [-0.4, -0.2) is 103 Å². The van der Waals surface area contributed by atoms with Crippen LogP contribution in [0.3, 0.4) is 0 Å². The number of hydrogen-bond donors (Lipinski definition) is 6. The molecule has 17 nitrogen and oxygen atoms in total. The number of nitrogens with one attached hydrogen (secondary N) is 3. The fourth-order valence-electron chi connectivity index (χ4n) is 6.35. The maximum absolute atomic E-state index is 14.6.